The molecule has 1 N–H and O–H groups in total. The third-order valence-corrected chi connectivity index (χ3v) is 9.19. The zero-order valence-electron chi connectivity index (χ0n) is 22.1. The van der Waals surface area contributed by atoms with Gasteiger partial charge in [0.05, 0.1) is 21.4 Å². The Morgan fingerprint density at radius 1 is 0.975 bits per heavy atom. The normalized spacial score (nSPS) is 14.0. The predicted octanol–water partition coefficient (Wildman–Crippen LogP) is 5.27. The molecule has 0 atom stereocenters. The molecule has 1 saturated heterocycles. The number of aromatic amines is 1. The Bertz CT molecular complexity index is 1650. The SMILES string of the molecule is CC(C)(Sc1ccccc1Br)C(=O)N1CCN(C(=O)c2cc(Cc3n[nH]c(=O)c4ccccc34)ccc2F)CC1. The molecule has 0 spiro atoms. The van der Waals surface area contributed by atoms with Gasteiger partial charge in [0.25, 0.3) is 11.5 Å². The molecule has 1 fully saturated rings. The zero-order valence-corrected chi connectivity index (χ0v) is 24.5. The number of hydrogen-bond donors (Lipinski definition) is 1. The van der Waals surface area contributed by atoms with E-state index >= 15 is 0 Å². The largest absolute Gasteiger partial charge is 0.338 e. The summed E-state index contributed by atoms with van der Waals surface area (Å²) in [5, 5.41) is 7.95. The van der Waals surface area contributed by atoms with Crippen molar-refractivity contribution in [2.75, 3.05) is 26.2 Å². The molecule has 3 aromatic carbocycles. The molecule has 0 aliphatic carbocycles. The first kappa shape index (κ1) is 28.0. The van der Waals surface area contributed by atoms with Gasteiger partial charge in [-0.15, -0.1) is 11.8 Å². The minimum atomic E-state index is -0.698. The maximum atomic E-state index is 14.8. The number of rotatable bonds is 6. The molecule has 0 saturated carbocycles. The Balaban J connectivity index is 1.27. The van der Waals surface area contributed by atoms with Crippen LogP contribution in [0.15, 0.2) is 80.9 Å². The van der Waals surface area contributed by atoms with E-state index < -0.39 is 16.5 Å². The summed E-state index contributed by atoms with van der Waals surface area (Å²) in [5.41, 5.74) is 1.04. The smallest absolute Gasteiger partial charge is 0.272 e. The maximum Gasteiger partial charge on any atom is 0.272 e. The molecule has 206 valence electrons. The van der Waals surface area contributed by atoms with Crippen LogP contribution in [0.1, 0.15) is 35.5 Å². The molecule has 1 aliphatic rings. The van der Waals surface area contributed by atoms with E-state index in [1.54, 1.807) is 34.1 Å². The van der Waals surface area contributed by atoms with Crippen LogP contribution in [0.4, 0.5) is 4.39 Å². The van der Waals surface area contributed by atoms with Crippen molar-refractivity contribution in [1.82, 2.24) is 20.0 Å². The van der Waals surface area contributed by atoms with Gasteiger partial charge in [-0.1, -0.05) is 36.4 Å². The number of fused-ring (bicyclic) bond motifs is 1. The number of hydrogen-bond acceptors (Lipinski definition) is 5. The number of nitrogens with one attached hydrogen (secondary N) is 1. The predicted molar refractivity (Wildman–Crippen MR) is 158 cm³/mol. The molecule has 7 nitrogen and oxygen atoms in total. The second-order valence-corrected chi connectivity index (χ2v) is 12.7. The number of thioether (sulfide) groups is 1. The Hall–Kier alpha value is -3.50. The lowest BCUT2D eigenvalue weighted by atomic mass is 10.0. The first-order valence-corrected chi connectivity index (χ1v) is 14.5. The van der Waals surface area contributed by atoms with Gasteiger partial charge in [0.2, 0.25) is 5.91 Å². The molecule has 0 unspecified atom stereocenters. The fraction of sp³-hybridized carbons (Fsp3) is 0.267. The summed E-state index contributed by atoms with van der Waals surface area (Å²) in [6.45, 7) is 5.18. The highest BCUT2D eigenvalue weighted by Crippen LogP contribution is 2.38. The van der Waals surface area contributed by atoms with Crippen LogP contribution in [0, 0.1) is 5.82 Å². The third kappa shape index (κ3) is 5.83. The van der Waals surface area contributed by atoms with Crippen LogP contribution < -0.4 is 5.56 Å². The summed E-state index contributed by atoms with van der Waals surface area (Å²) in [5.74, 6) is -1.01. The fourth-order valence-corrected chi connectivity index (χ4v) is 6.46. The number of H-pyrrole nitrogens is 1. The molecule has 5 rings (SSSR count). The second kappa shape index (κ2) is 11.5. The van der Waals surface area contributed by atoms with Crippen molar-refractivity contribution >= 4 is 50.3 Å². The van der Waals surface area contributed by atoms with Gasteiger partial charge in [0.15, 0.2) is 0 Å². The highest BCUT2D eigenvalue weighted by molar-refractivity contribution is 9.10. The van der Waals surface area contributed by atoms with Gasteiger partial charge in [-0.05, 0) is 65.7 Å². The minimum Gasteiger partial charge on any atom is -0.338 e. The first-order chi connectivity index (χ1) is 19.1. The summed E-state index contributed by atoms with van der Waals surface area (Å²) in [4.78, 5) is 43.2. The number of carbonyl (C=O) groups is 2. The third-order valence-electron chi connectivity index (χ3n) is 6.98. The van der Waals surface area contributed by atoms with Gasteiger partial charge in [-0.3, -0.25) is 14.4 Å². The Morgan fingerprint density at radius 3 is 2.35 bits per heavy atom. The molecular formula is C30H28BrFN4O3S. The first-order valence-electron chi connectivity index (χ1n) is 12.9. The Kier molecular flexibility index (Phi) is 8.09. The maximum absolute atomic E-state index is 14.8. The number of nitrogens with zero attached hydrogens (tertiary/aromatic N) is 3. The molecule has 4 aromatic rings. The van der Waals surface area contributed by atoms with E-state index in [0.717, 1.165) is 9.37 Å². The van der Waals surface area contributed by atoms with Crippen LogP contribution >= 0.6 is 27.7 Å². The van der Waals surface area contributed by atoms with Gasteiger partial charge in [0.1, 0.15) is 5.82 Å². The summed E-state index contributed by atoms with van der Waals surface area (Å²) in [6, 6.07) is 19.4. The summed E-state index contributed by atoms with van der Waals surface area (Å²) < 4.78 is 15.1. The van der Waals surface area contributed by atoms with Crippen LogP contribution in [0.2, 0.25) is 0 Å². The van der Waals surface area contributed by atoms with Crippen molar-refractivity contribution in [3.63, 3.8) is 0 Å². The number of piperazine rings is 1. The second-order valence-electron chi connectivity index (χ2n) is 10.2. The standard InChI is InChI=1S/C30H28BrFN4O3S/c1-30(2,40-26-10-6-5-9-23(26)31)29(39)36-15-13-35(14-16-36)28(38)22-17-19(11-12-24(22)32)18-25-20-7-3-4-8-21(20)27(37)34-33-25/h3-12,17H,13-16,18H2,1-2H3,(H,34,37). The Morgan fingerprint density at radius 2 is 1.62 bits per heavy atom. The lowest BCUT2D eigenvalue weighted by molar-refractivity contribution is -0.134. The number of halogens is 2. The van der Waals surface area contributed by atoms with Crippen molar-refractivity contribution in [2.45, 2.75) is 29.9 Å². The van der Waals surface area contributed by atoms with E-state index in [1.807, 2.05) is 50.2 Å². The van der Waals surface area contributed by atoms with E-state index in [2.05, 4.69) is 26.1 Å². The van der Waals surface area contributed by atoms with Gasteiger partial charge in [-0.2, -0.15) is 5.10 Å². The number of amides is 2. The van der Waals surface area contributed by atoms with Gasteiger partial charge in [-0.25, -0.2) is 9.49 Å². The van der Waals surface area contributed by atoms with Crippen LogP contribution in [0.5, 0.6) is 0 Å². The number of carbonyl (C=O) groups excluding carboxylic acids is 2. The van der Waals surface area contributed by atoms with Crippen LogP contribution in [0.3, 0.4) is 0 Å². The van der Waals surface area contributed by atoms with Crippen molar-refractivity contribution in [3.8, 4) is 0 Å². The molecule has 0 bridgehead atoms. The number of aromatic nitrogens is 2. The quantitative estimate of drug-likeness (QED) is 0.296. The molecule has 10 heteroatoms. The topological polar surface area (TPSA) is 86.4 Å². The molecule has 1 aliphatic heterocycles. The van der Waals surface area contributed by atoms with Crippen LogP contribution in [-0.4, -0.2) is 62.7 Å². The van der Waals surface area contributed by atoms with E-state index in [-0.39, 0.29) is 17.0 Å². The van der Waals surface area contributed by atoms with E-state index in [0.29, 0.717) is 54.6 Å². The minimum absolute atomic E-state index is 0.00541. The van der Waals surface area contributed by atoms with Gasteiger partial charge in [0, 0.05) is 47.4 Å². The van der Waals surface area contributed by atoms with Crippen molar-refractivity contribution < 1.29 is 14.0 Å². The van der Waals surface area contributed by atoms with Crippen molar-refractivity contribution in [1.29, 1.82) is 0 Å². The highest BCUT2D eigenvalue weighted by Gasteiger charge is 2.36. The molecule has 0 radical (unpaired) electrons. The monoisotopic (exact) mass is 622 g/mol. The lowest BCUT2D eigenvalue weighted by Gasteiger charge is -2.38. The molecule has 2 amide bonds. The molecule has 40 heavy (non-hydrogen) atoms. The summed E-state index contributed by atoms with van der Waals surface area (Å²) >= 11 is 5.04. The molecular weight excluding hydrogens is 595 g/mol. The summed E-state index contributed by atoms with van der Waals surface area (Å²) in [7, 11) is 0. The average Bonchev–Trinajstić information content (AvgIpc) is 2.96. The van der Waals surface area contributed by atoms with Gasteiger partial charge < -0.3 is 9.80 Å². The average molecular weight is 624 g/mol. The van der Waals surface area contributed by atoms with E-state index in [9.17, 15) is 18.8 Å². The number of benzene rings is 3. The van der Waals surface area contributed by atoms with Crippen molar-refractivity contribution in [2.24, 2.45) is 0 Å². The zero-order chi connectivity index (χ0) is 28.4. The fourth-order valence-electron chi connectivity index (χ4n) is 4.86. The highest BCUT2D eigenvalue weighted by atomic mass is 79.9. The molecule has 1 aromatic heterocycles. The van der Waals surface area contributed by atoms with E-state index in [4.69, 9.17) is 0 Å². The van der Waals surface area contributed by atoms with Crippen LogP contribution in [-0.2, 0) is 11.2 Å². The Labute approximate surface area is 243 Å². The van der Waals surface area contributed by atoms with E-state index in [1.165, 1.54) is 17.8 Å². The van der Waals surface area contributed by atoms with Crippen LogP contribution in [0.25, 0.3) is 10.8 Å². The van der Waals surface area contributed by atoms with Gasteiger partial charge >= 0.3 is 0 Å². The molecule has 2 heterocycles. The summed E-state index contributed by atoms with van der Waals surface area (Å²) in [6.07, 6.45) is 0.324. The lowest BCUT2D eigenvalue weighted by Crippen LogP contribution is -2.54. The van der Waals surface area contributed by atoms with Crippen molar-refractivity contribution in [3.05, 3.63) is 104 Å².